The second-order valence-electron chi connectivity index (χ2n) is 2.91. The first kappa shape index (κ1) is 10.4. The highest BCUT2D eigenvalue weighted by molar-refractivity contribution is 6.14. The smallest absolute Gasteiger partial charge is 0.335 e. The zero-order valence-corrected chi connectivity index (χ0v) is 8.32. The summed E-state index contributed by atoms with van der Waals surface area (Å²) in [5, 5.41) is 8.80. The first-order valence-electron chi connectivity index (χ1n) is 4.49. The molecule has 0 aromatic heterocycles. The number of hydrogen-bond acceptors (Lipinski definition) is 2. The second kappa shape index (κ2) is 4.56. The maximum atomic E-state index is 10.7. The van der Waals surface area contributed by atoms with Crippen LogP contribution in [0.5, 0.6) is 0 Å². The average Bonchev–Trinajstić information content (AvgIpc) is 2.18. The number of carboxylic acid groups (broad SMARTS) is 1. The Morgan fingerprint density at radius 1 is 1.57 bits per heavy atom. The van der Waals surface area contributed by atoms with Gasteiger partial charge >= 0.3 is 5.97 Å². The summed E-state index contributed by atoms with van der Waals surface area (Å²) >= 11 is 0. The van der Waals surface area contributed by atoms with Crippen LogP contribution < -0.4 is 0 Å². The van der Waals surface area contributed by atoms with Gasteiger partial charge in [0.15, 0.2) is 0 Å². The third-order valence-electron chi connectivity index (χ3n) is 1.94. The minimum absolute atomic E-state index is 0.303. The Bertz CT molecular complexity index is 359. The molecule has 0 unspecified atom stereocenters. The van der Waals surface area contributed by atoms with Crippen LogP contribution in [-0.2, 0) is 4.79 Å². The summed E-state index contributed by atoms with van der Waals surface area (Å²) in [5.41, 5.74) is 2.02. The zero-order chi connectivity index (χ0) is 10.6. The molecule has 1 rings (SSSR count). The van der Waals surface area contributed by atoms with Crippen LogP contribution in [0.4, 0.5) is 0 Å². The molecule has 0 spiro atoms. The molecule has 0 amide bonds. The van der Waals surface area contributed by atoms with Crippen molar-refractivity contribution in [3.63, 3.8) is 0 Å². The fraction of sp³-hybridized carbons (Fsp3) is 0.273. The zero-order valence-electron chi connectivity index (χ0n) is 8.32. The highest BCUT2D eigenvalue weighted by Gasteiger charge is 2.11. The Kier molecular flexibility index (Phi) is 3.40. The van der Waals surface area contributed by atoms with Crippen molar-refractivity contribution >= 4 is 11.7 Å². The molecule has 1 aliphatic rings. The quantitative estimate of drug-likeness (QED) is 0.725. The lowest BCUT2D eigenvalue weighted by atomic mass is 9.99. The predicted octanol–water partition coefficient (Wildman–Crippen LogP) is 1.97. The van der Waals surface area contributed by atoms with Gasteiger partial charge in [0.1, 0.15) is 0 Å². The summed E-state index contributed by atoms with van der Waals surface area (Å²) < 4.78 is 0. The van der Waals surface area contributed by atoms with Gasteiger partial charge in [-0.3, -0.25) is 4.99 Å². The molecule has 0 saturated heterocycles. The van der Waals surface area contributed by atoms with Crippen molar-refractivity contribution in [2.75, 3.05) is 7.05 Å². The van der Waals surface area contributed by atoms with Gasteiger partial charge in [0.05, 0.1) is 11.3 Å². The van der Waals surface area contributed by atoms with E-state index in [9.17, 15) is 4.79 Å². The summed E-state index contributed by atoms with van der Waals surface area (Å²) in [6.45, 7) is 2.01. The molecule has 3 heteroatoms. The van der Waals surface area contributed by atoms with Gasteiger partial charge in [0.2, 0.25) is 0 Å². The minimum Gasteiger partial charge on any atom is -0.478 e. The van der Waals surface area contributed by atoms with Gasteiger partial charge in [-0.1, -0.05) is 13.0 Å². The molecule has 0 saturated carbocycles. The number of nitrogens with zero attached hydrogens (tertiary/aromatic N) is 1. The molecule has 0 aliphatic heterocycles. The maximum absolute atomic E-state index is 10.7. The molecular formula is C11H13NO2. The van der Waals surface area contributed by atoms with Crippen molar-refractivity contribution in [2.24, 2.45) is 4.99 Å². The van der Waals surface area contributed by atoms with Crippen molar-refractivity contribution in [2.45, 2.75) is 13.3 Å². The van der Waals surface area contributed by atoms with Crippen LogP contribution in [0.25, 0.3) is 0 Å². The minimum atomic E-state index is -0.904. The van der Waals surface area contributed by atoms with Crippen molar-refractivity contribution in [3.8, 4) is 0 Å². The molecule has 0 aromatic carbocycles. The SMILES string of the molecule is CC/C=C1/C=C(C(=O)O)C=CC1=NC. The molecule has 14 heavy (non-hydrogen) atoms. The molecule has 0 aromatic rings. The van der Waals surface area contributed by atoms with Gasteiger partial charge < -0.3 is 5.11 Å². The fourth-order valence-corrected chi connectivity index (χ4v) is 1.27. The van der Waals surface area contributed by atoms with Gasteiger partial charge in [0.25, 0.3) is 0 Å². The van der Waals surface area contributed by atoms with Crippen LogP contribution in [0.1, 0.15) is 13.3 Å². The Morgan fingerprint density at radius 3 is 2.79 bits per heavy atom. The number of aliphatic imine (C=N–C) groups is 1. The van der Waals surface area contributed by atoms with Crippen molar-refractivity contribution in [1.29, 1.82) is 0 Å². The summed E-state index contributed by atoms with van der Waals surface area (Å²) in [4.78, 5) is 14.8. The highest BCUT2D eigenvalue weighted by atomic mass is 16.4. The van der Waals surface area contributed by atoms with Gasteiger partial charge in [-0.05, 0) is 30.2 Å². The largest absolute Gasteiger partial charge is 0.478 e. The molecule has 0 radical (unpaired) electrons. The Labute approximate surface area is 83.2 Å². The summed E-state index contributed by atoms with van der Waals surface area (Å²) in [6, 6.07) is 0. The van der Waals surface area contributed by atoms with Crippen LogP contribution in [0.2, 0.25) is 0 Å². The number of carbonyl (C=O) groups is 1. The van der Waals surface area contributed by atoms with E-state index in [0.717, 1.165) is 17.7 Å². The normalized spacial score (nSPS) is 21.4. The van der Waals surface area contributed by atoms with E-state index < -0.39 is 5.97 Å². The number of allylic oxidation sites excluding steroid dienone is 4. The van der Waals surface area contributed by atoms with Crippen LogP contribution in [0, 0.1) is 0 Å². The lowest BCUT2D eigenvalue weighted by Crippen LogP contribution is -2.07. The van der Waals surface area contributed by atoms with Gasteiger partial charge in [-0.2, -0.15) is 0 Å². The Morgan fingerprint density at radius 2 is 2.29 bits per heavy atom. The van der Waals surface area contributed by atoms with Gasteiger partial charge in [-0.25, -0.2) is 4.79 Å². The molecule has 0 bridgehead atoms. The summed E-state index contributed by atoms with van der Waals surface area (Å²) in [5.74, 6) is -0.904. The number of aliphatic carboxylic acids is 1. The summed E-state index contributed by atoms with van der Waals surface area (Å²) in [6.07, 6.45) is 7.77. The van der Waals surface area contributed by atoms with Crippen LogP contribution in [0.15, 0.2) is 40.4 Å². The third kappa shape index (κ3) is 2.19. The first-order chi connectivity index (χ1) is 6.69. The van der Waals surface area contributed by atoms with Crippen molar-refractivity contribution in [3.05, 3.63) is 35.5 Å². The third-order valence-corrected chi connectivity index (χ3v) is 1.94. The number of rotatable bonds is 2. The first-order valence-corrected chi connectivity index (χ1v) is 4.49. The van der Waals surface area contributed by atoms with E-state index >= 15 is 0 Å². The molecular weight excluding hydrogens is 178 g/mol. The van der Waals surface area contributed by atoms with E-state index in [-0.39, 0.29) is 0 Å². The van der Waals surface area contributed by atoms with Gasteiger partial charge in [0, 0.05) is 7.05 Å². The van der Waals surface area contributed by atoms with E-state index in [0.29, 0.717) is 5.57 Å². The molecule has 0 fully saturated rings. The van der Waals surface area contributed by atoms with E-state index in [2.05, 4.69) is 4.99 Å². The van der Waals surface area contributed by atoms with Crippen molar-refractivity contribution in [1.82, 2.24) is 0 Å². The lowest BCUT2D eigenvalue weighted by Gasteiger charge is -2.08. The van der Waals surface area contributed by atoms with E-state index in [1.165, 1.54) is 0 Å². The lowest BCUT2D eigenvalue weighted by molar-refractivity contribution is -0.132. The van der Waals surface area contributed by atoms with Crippen LogP contribution in [0.3, 0.4) is 0 Å². The fourth-order valence-electron chi connectivity index (χ4n) is 1.27. The maximum Gasteiger partial charge on any atom is 0.335 e. The standard InChI is InChI=1S/C11H13NO2/c1-3-4-8-7-9(11(13)14)5-6-10(8)12-2/h4-7H,3H2,1-2H3,(H,13,14)/b8-4-,12-10?. The number of hydrogen-bond donors (Lipinski definition) is 1. The summed E-state index contributed by atoms with van der Waals surface area (Å²) in [7, 11) is 1.70. The van der Waals surface area contributed by atoms with Crippen LogP contribution in [-0.4, -0.2) is 23.8 Å². The van der Waals surface area contributed by atoms with Gasteiger partial charge in [-0.15, -0.1) is 0 Å². The van der Waals surface area contributed by atoms with E-state index in [1.807, 2.05) is 13.0 Å². The van der Waals surface area contributed by atoms with E-state index in [4.69, 9.17) is 5.11 Å². The van der Waals surface area contributed by atoms with Crippen LogP contribution >= 0.6 is 0 Å². The molecule has 3 nitrogen and oxygen atoms in total. The Balaban J connectivity index is 3.07. The highest BCUT2D eigenvalue weighted by Crippen LogP contribution is 2.14. The van der Waals surface area contributed by atoms with E-state index in [1.54, 1.807) is 25.3 Å². The molecule has 74 valence electrons. The topological polar surface area (TPSA) is 49.7 Å². The Hall–Kier alpha value is -1.64. The number of carboxylic acids is 1. The monoisotopic (exact) mass is 191 g/mol. The molecule has 1 N–H and O–H groups in total. The molecule has 1 aliphatic carbocycles. The van der Waals surface area contributed by atoms with Crippen molar-refractivity contribution < 1.29 is 9.90 Å². The second-order valence-corrected chi connectivity index (χ2v) is 2.91. The molecule has 0 heterocycles. The predicted molar refractivity (Wildman–Crippen MR) is 56.6 cm³/mol. The molecule has 0 atom stereocenters. The average molecular weight is 191 g/mol.